The third-order valence-electron chi connectivity index (χ3n) is 4.14. The fourth-order valence-corrected chi connectivity index (χ4v) is 3.29. The van der Waals surface area contributed by atoms with Crippen molar-refractivity contribution < 1.29 is 4.92 Å². The first kappa shape index (κ1) is 16.4. The molecule has 0 amide bonds. The lowest BCUT2D eigenvalue weighted by atomic mass is 10.2. The minimum Gasteiger partial charge on any atom is -0.311 e. The second kappa shape index (κ2) is 7.87. The molecule has 1 aliphatic carbocycles. The molecule has 1 saturated carbocycles. The van der Waals surface area contributed by atoms with Gasteiger partial charge in [-0.25, -0.2) is 0 Å². The van der Waals surface area contributed by atoms with Crippen LogP contribution in [0.5, 0.6) is 0 Å². The van der Waals surface area contributed by atoms with Crippen molar-refractivity contribution in [1.82, 2.24) is 10.2 Å². The predicted molar refractivity (Wildman–Crippen MR) is 87.4 cm³/mol. The molecule has 0 aliphatic heterocycles. The van der Waals surface area contributed by atoms with Crippen molar-refractivity contribution in [1.29, 1.82) is 0 Å². The van der Waals surface area contributed by atoms with E-state index >= 15 is 0 Å². The zero-order valence-corrected chi connectivity index (χ0v) is 13.9. The van der Waals surface area contributed by atoms with Crippen LogP contribution >= 0.6 is 15.9 Å². The first-order valence-electron chi connectivity index (χ1n) is 7.41. The van der Waals surface area contributed by atoms with Gasteiger partial charge in [-0.3, -0.25) is 10.1 Å². The number of likely N-dealkylation sites (N-methyl/N-ethyl adjacent to an activating group) is 1. The molecule has 0 aromatic heterocycles. The Morgan fingerprint density at radius 1 is 1.43 bits per heavy atom. The van der Waals surface area contributed by atoms with E-state index in [2.05, 4.69) is 33.2 Å². The molecular formula is C15H22BrN3O2. The molecule has 5 nitrogen and oxygen atoms in total. The molecule has 0 spiro atoms. The Bertz CT molecular complexity index is 490. The summed E-state index contributed by atoms with van der Waals surface area (Å²) in [5.74, 6) is 0. The summed E-state index contributed by atoms with van der Waals surface area (Å²) in [5, 5.41) is 14.3. The first-order chi connectivity index (χ1) is 10.1. The zero-order chi connectivity index (χ0) is 15.2. The van der Waals surface area contributed by atoms with E-state index in [1.165, 1.54) is 25.7 Å². The third kappa shape index (κ3) is 4.76. The standard InChI is InChI=1S/C15H22BrN3O2/c1-18(14-4-2-3-5-14)9-8-17-11-12-10-13(16)6-7-15(12)19(20)21/h6-7,10,14,17H,2-5,8-9,11H2,1H3. The summed E-state index contributed by atoms with van der Waals surface area (Å²) in [5.41, 5.74) is 0.896. The predicted octanol–water partition coefficient (Wildman–Crippen LogP) is 3.32. The Labute approximate surface area is 134 Å². The van der Waals surface area contributed by atoms with Gasteiger partial charge in [0.1, 0.15) is 0 Å². The van der Waals surface area contributed by atoms with E-state index in [1.807, 2.05) is 6.07 Å². The average Bonchev–Trinajstić information content (AvgIpc) is 2.97. The maximum absolute atomic E-state index is 11.0. The molecule has 1 N–H and O–H groups in total. The lowest BCUT2D eigenvalue weighted by Gasteiger charge is -2.23. The molecule has 0 heterocycles. The number of nitro groups is 1. The van der Waals surface area contributed by atoms with Crippen LogP contribution in [0.15, 0.2) is 22.7 Å². The molecule has 2 rings (SSSR count). The van der Waals surface area contributed by atoms with E-state index in [9.17, 15) is 10.1 Å². The Morgan fingerprint density at radius 3 is 2.81 bits per heavy atom. The van der Waals surface area contributed by atoms with Gasteiger partial charge >= 0.3 is 0 Å². The van der Waals surface area contributed by atoms with Gasteiger partial charge in [0.2, 0.25) is 0 Å². The molecule has 0 unspecified atom stereocenters. The minimum absolute atomic E-state index is 0.176. The number of halogens is 1. The van der Waals surface area contributed by atoms with Crippen LogP contribution in [-0.4, -0.2) is 36.0 Å². The second-order valence-electron chi connectivity index (χ2n) is 5.63. The summed E-state index contributed by atoms with van der Waals surface area (Å²) in [6, 6.07) is 5.78. The van der Waals surface area contributed by atoms with Gasteiger partial charge < -0.3 is 10.2 Å². The van der Waals surface area contributed by atoms with Crippen LogP contribution in [0, 0.1) is 10.1 Å². The van der Waals surface area contributed by atoms with Crippen molar-refractivity contribution in [2.45, 2.75) is 38.3 Å². The third-order valence-corrected chi connectivity index (χ3v) is 4.64. The van der Waals surface area contributed by atoms with Crippen molar-refractivity contribution in [2.24, 2.45) is 0 Å². The maximum atomic E-state index is 11.0. The van der Waals surface area contributed by atoms with Crippen LogP contribution in [-0.2, 0) is 6.54 Å². The van der Waals surface area contributed by atoms with Crippen LogP contribution in [0.3, 0.4) is 0 Å². The highest BCUT2D eigenvalue weighted by Crippen LogP contribution is 2.23. The highest BCUT2D eigenvalue weighted by molar-refractivity contribution is 9.10. The molecule has 1 aromatic carbocycles. The van der Waals surface area contributed by atoms with E-state index in [0.29, 0.717) is 12.6 Å². The highest BCUT2D eigenvalue weighted by atomic mass is 79.9. The molecule has 1 fully saturated rings. The Hall–Kier alpha value is -0.980. The van der Waals surface area contributed by atoms with Gasteiger partial charge in [0.25, 0.3) is 5.69 Å². The van der Waals surface area contributed by atoms with Crippen molar-refractivity contribution in [3.63, 3.8) is 0 Å². The number of hydrogen-bond acceptors (Lipinski definition) is 4. The van der Waals surface area contributed by atoms with E-state index in [-0.39, 0.29) is 10.6 Å². The summed E-state index contributed by atoms with van der Waals surface area (Å²) in [4.78, 5) is 13.1. The van der Waals surface area contributed by atoms with Crippen LogP contribution < -0.4 is 5.32 Å². The second-order valence-corrected chi connectivity index (χ2v) is 6.54. The van der Waals surface area contributed by atoms with Crippen LogP contribution in [0.4, 0.5) is 5.69 Å². The van der Waals surface area contributed by atoms with Gasteiger partial charge in [-0.15, -0.1) is 0 Å². The molecule has 0 radical (unpaired) electrons. The van der Waals surface area contributed by atoms with Crippen molar-refractivity contribution >= 4 is 21.6 Å². The van der Waals surface area contributed by atoms with Gasteiger partial charge in [0, 0.05) is 41.8 Å². The largest absolute Gasteiger partial charge is 0.311 e. The number of rotatable bonds is 7. The molecule has 1 aromatic rings. The lowest BCUT2D eigenvalue weighted by molar-refractivity contribution is -0.385. The Balaban J connectivity index is 1.80. The topological polar surface area (TPSA) is 58.4 Å². The molecule has 0 bridgehead atoms. The number of hydrogen-bond donors (Lipinski definition) is 1. The van der Waals surface area contributed by atoms with Crippen molar-refractivity contribution in [3.8, 4) is 0 Å². The van der Waals surface area contributed by atoms with E-state index in [1.54, 1.807) is 12.1 Å². The zero-order valence-electron chi connectivity index (χ0n) is 12.3. The number of nitrogens with zero attached hydrogens (tertiary/aromatic N) is 2. The molecule has 0 saturated heterocycles. The normalized spacial score (nSPS) is 15.8. The first-order valence-corrected chi connectivity index (χ1v) is 8.21. The SMILES string of the molecule is CN(CCNCc1cc(Br)ccc1[N+](=O)[O-])C1CCCC1. The lowest BCUT2D eigenvalue weighted by Crippen LogP contribution is -2.35. The Morgan fingerprint density at radius 2 is 2.14 bits per heavy atom. The molecular weight excluding hydrogens is 334 g/mol. The molecule has 6 heteroatoms. The summed E-state index contributed by atoms with van der Waals surface area (Å²) < 4.78 is 0.868. The maximum Gasteiger partial charge on any atom is 0.273 e. The summed E-state index contributed by atoms with van der Waals surface area (Å²) >= 11 is 3.36. The molecule has 1 aliphatic rings. The van der Waals surface area contributed by atoms with Gasteiger partial charge in [-0.1, -0.05) is 28.8 Å². The molecule has 0 atom stereocenters. The van der Waals surface area contributed by atoms with Gasteiger partial charge in [-0.2, -0.15) is 0 Å². The number of nitrogens with one attached hydrogen (secondary N) is 1. The quantitative estimate of drug-likeness (QED) is 0.463. The van der Waals surface area contributed by atoms with Gasteiger partial charge in [0.15, 0.2) is 0 Å². The number of nitro benzene ring substituents is 1. The number of benzene rings is 1. The smallest absolute Gasteiger partial charge is 0.273 e. The summed E-state index contributed by atoms with van der Waals surface area (Å²) in [6.45, 7) is 2.34. The fraction of sp³-hybridized carbons (Fsp3) is 0.600. The molecule has 116 valence electrons. The minimum atomic E-state index is -0.325. The average molecular weight is 356 g/mol. The molecule has 21 heavy (non-hydrogen) atoms. The highest BCUT2D eigenvalue weighted by Gasteiger charge is 2.19. The van der Waals surface area contributed by atoms with Crippen molar-refractivity contribution in [2.75, 3.05) is 20.1 Å². The van der Waals surface area contributed by atoms with Gasteiger partial charge in [-0.05, 0) is 32.0 Å². The van der Waals surface area contributed by atoms with Crippen LogP contribution in [0.2, 0.25) is 0 Å². The van der Waals surface area contributed by atoms with Crippen LogP contribution in [0.1, 0.15) is 31.2 Å². The fourth-order valence-electron chi connectivity index (χ4n) is 2.88. The van der Waals surface area contributed by atoms with E-state index < -0.39 is 0 Å². The van der Waals surface area contributed by atoms with E-state index in [4.69, 9.17) is 0 Å². The van der Waals surface area contributed by atoms with Crippen LogP contribution in [0.25, 0.3) is 0 Å². The van der Waals surface area contributed by atoms with Crippen molar-refractivity contribution in [3.05, 3.63) is 38.3 Å². The summed E-state index contributed by atoms with van der Waals surface area (Å²) in [7, 11) is 2.17. The van der Waals surface area contributed by atoms with E-state index in [0.717, 1.165) is 23.1 Å². The Kier molecular flexibility index (Phi) is 6.14. The summed E-state index contributed by atoms with van der Waals surface area (Å²) in [6.07, 6.45) is 5.28. The van der Waals surface area contributed by atoms with Gasteiger partial charge in [0.05, 0.1) is 4.92 Å². The monoisotopic (exact) mass is 355 g/mol.